The van der Waals surface area contributed by atoms with Gasteiger partial charge in [0.15, 0.2) is 11.6 Å². The summed E-state index contributed by atoms with van der Waals surface area (Å²) in [6, 6.07) is 97.7. The Hall–Kier alpha value is -10.1. The van der Waals surface area contributed by atoms with Crippen LogP contribution in [0.5, 0.6) is 0 Å². The summed E-state index contributed by atoms with van der Waals surface area (Å²) in [6.45, 7) is 3.04. The third-order valence-corrected chi connectivity index (χ3v) is 17.7. The van der Waals surface area contributed by atoms with Crippen LogP contribution in [0, 0.1) is 0 Å². The Kier molecular flexibility index (Phi) is 14.1. The number of hydrogen-bond donors (Lipinski definition) is 2. The highest BCUT2D eigenvalue weighted by Gasteiger charge is 2.33. The van der Waals surface area contributed by atoms with E-state index in [1.807, 2.05) is 18.2 Å². The molecule has 6 heteroatoms. The Morgan fingerprint density at radius 2 is 0.581 bits per heavy atom. The SMILES string of the molecule is Brc1ccc2c3c(cccc13)-c1c-2c(-c2ccccc2)c2ccccc2c1-c1ccccc1.CC(=O)c1ccccc1-c1ccc2c3c(cccc13)-c1c-2c(-c2ccccc2)c2ccccc2c1-c1ccccc1.CC(=O)c1ccccc1B(O)O. The smallest absolute Gasteiger partial charge is 0.423 e. The molecule has 0 aromatic heterocycles. The fraction of sp³-hybridized carbons (Fsp3) is 0.0250. The van der Waals surface area contributed by atoms with E-state index in [2.05, 4.69) is 253 Å². The molecule has 14 aromatic carbocycles. The molecule has 0 unspecified atom stereocenters. The molecular weight excluding hydrogens is 1120 g/mol. The molecule has 0 bridgehead atoms. The van der Waals surface area contributed by atoms with Crippen molar-refractivity contribution < 1.29 is 19.6 Å². The molecule has 0 fully saturated rings. The van der Waals surface area contributed by atoms with Crippen LogP contribution >= 0.6 is 15.9 Å². The van der Waals surface area contributed by atoms with E-state index in [-0.39, 0.29) is 17.0 Å². The Balaban J connectivity index is 0.000000130. The van der Waals surface area contributed by atoms with Gasteiger partial charge in [-0.05, 0) is 169 Å². The van der Waals surface area contributed by atoms with Gasteiger partial charge < -0.3 is 10.0 Å². The monoisotopic (exact) mass is 1170 g/mol. The number of Topliss-reactive ketones (excluding diaryl/α,β-unsaturated/α-hetero) is 2. The number of hydrogen-bond acceptors (Lipinski definition) is 4. The first-order chi connectivity index (χ1) is 42.2. The van der Waals surface area contributed by atoms with Gasteiger partial charge in [-0.25, -0.2) is 0 Å². The lowest BCUT2D eigenvalue weighted by atomic mass is 9.76. The number of fused-ring (bicyclic) bond motifs is 8. The lowest BCUT2D eigenvalue weighted by Gasteiger charge is -2.20. The number of halogens is 1. The fourth-order valence-electron chi connectivity index (χ4n) is 13.5. The van der Waals surface area contributed by atoms with E-state index in [4.69, 9.17) is 10.0 Å². The molecule has 0 spiro atoms. The van der Waals surface area contributed by atoms with Crippen molar-refractivity contribution in [3.63, 3.8) is 0 Å². The second-order valence-corrected chi connectivity index (χ2v) is 22.7. The summed E-state index contributed by atoms with van der Waals surface area (Å²) in [4.78, 5) is 23.6. The van der Waals surface area contributed by atoms with Crippen molar-refractivity contribution in [3.05, 3.63) is 295 Å². The van der Waals surface area contributed by atoms with E-state index in [0.29, 0.717) is 5.56 Å². The molecule has 0 saturated heterocycles. The first-order valence-corrected chi connectivity index (χ1v) is 29.7. The molecule has 408 valence electrons. The molecule has 0 heterocycles. The van der Waals surface area contributed by atoms with Crippen LogP contribution in [-0.2, 0) is 0 Å². The van der Waals surface area contributed by atoms with Crippen molar-refractivity contribution in [1.29, 1.82) is 0 Å². The normalized spacial score (nSPS) is 11.4. The van der Waals surface area contributed by atoms with Gasteiger partial charge >= 0.3 is 7.12 Å². The maximum Gasteiger partial charge on any atom is 0.489 e. The fourth-order valence-corrected chi connectivity index (χ4v) is 13.9. The van der Waals surface area contributed by atoms with Gasteiger partial charge in [0.25, 0.3) is 0 Å². The van der Waals surface area contributed by atoms with Crippen LogP contribution in [0.3, 0.4) is 0 Å². The summed E-state index contributed by atoms with van der Waals surface area (Å²) < 4.78 is 1.14. The molecular formula is C80H54BBrO4. The summed E-state index contributed by atoms with van der Waals surface area (Å²) in [6.07, 6.45) is 0. The number of rotatable bonds is 8. The third kappa shape index (κ3) is 9.09. The maximum absolute atomic E-state index is 12.6. The van der Waals surface area contributed by atoms with Crippen molar-refractivity contribution in [2.45, 2.75) is 13.8 Å². The summed E-state index contributed by atoms with van der Waals surface area (Å²) in [5, 5.41) is 27.8. The van der Waals surface area contributed by atoms with Gasteiger partial charge in [0.1, 0.15) is 0 Å². The van der Waals surface area contributed by atoms with Crippen molar-refractivity contribution in [3.8, 4) is 100 Å². The molecule has 14 aromatic rings. The summed E-state index contributed by atoms with van der Waals surface area (Å²) >= 11 is 3.81. The van der Waals surface area contributed by atoms with Gasteiger partial charge in [-0.3, -0.25) is 9.59 Å². The summed E-state index contributed by atoms with van der Waals surface area (Å²) in [7, 11) is -1.58. The standard InChI is InChI=1S/C40H26O.C32H19Br.C8H9BO3/c1-25(41)28-17-8-9-18-29(28)30-23-24-35-38-31(30)21-12-22-34(38)39-36(26-13-4-2-5-14-26)32-19-10-11-20-33(32)37(40(35)39)27-15-6-3-7-16-27;33-27-19-18-26-30-24(27)16-9-17-25(30)31-28(20-10-3-1-4-11-20)22-14-7-8-15-23(22)29(32(26)31)21-12-5-2-6-13-21;1-6(10)7-4-2-3-5-8(7)9(11)12/h2-24H,1H3;1-19H;2-5,11-12H,1H3. The van der Waals surface area contributed by atoms with Crippen LogP contribution in [0.25, 0.3) is 143 Å². The number of carbonyl (C=O) groups excluding carboxylic acids is 2. The van der Waals surface area contributed by atoms with E-state index >= 15 is 0 Å². The minimum Gasteiger partial charge on any atom is -0.423 e. The zero-order chi connectivity index (χ0) is 58.6. The predicted molar refractivity (Wildman–Crippen MR) is 363 cm³/mol. The molecule has 16 rings (SSSR count). The molecule has 2 N–H and O–H groups in total. The molecule has 0 saturated carbocycles. The quantitative estimate of drug-likeness (QED) is 0.117. The van der Waals surface area contributed by atoms with E-state index in [1.54, 1.807) is 25.1 Å². The molecule has 0 radical (unpaired) electrons. The zero-order valence-electron chi connectivity index (χ0n) is 47.2. The molecule has 0 atom stereocenters. The number of ketones is 2. The largest absolute Gasteiger partial charge is 0.489 e. The molecule has 2 aliphatic rings. The van der Waals surface area contributed by atoms with Gasteiger partial charge in [-0.2, -0.15) is 0 Å². The second-order valence-electron chi connectivity index (χ2n) is 21.9. The molecule has 0 amide bonds. The van der Waals surface area contributed by atoms with Crippen LogP contribution in [0.2, 0.25) is 0 Å². The Morgan fingerprint density at radius 3 is 0.988 bits per heavy atom. The van der Waals surface area contributed by atoms with Crippen LogP contribution in [0.4, 0.5) is 0 Å². The summed E-state index contributed by atoms with van der Waals surface area (Å²) in [5.74, 6) is -0.0881. The lowest BCUT2D eigenvalue weighted by molar-refractivity contribution is 0.101. The van der Waals surface area contributed by atoms with Gasteiger partial charge in [-0.15, -0.1) is 0 Å². The maximum atomic E-state index is 12.6. The van der Waals surface area contributed by atoms with Gasteiger partial charge in [0.2, 0.25) is 0 Å². The lowest BCUT2D eigenvalue weighted by Crippen LogP contribution is -2.34. The average Bonchev–Trinajstić information content (AvgIpc) is 1.59. The van der Waals surface area contributed by atoms with Crippen molar-refractivity contribution in [2.75, 3.05) is 0 Å². The highest BCUT2D eigenvalue weighted by molar-refractivity contribution is 9.10. The third-order valence-electron chi connectivity index (χ3n) is 17.0. The van der Waals surface area contributed by atoms with Crippen LogP contribution in [0.1, 0.15) is 34.6 Å². The van der Waals surface area contributed by atoms with Crippen LogP contribution < -0.4 is 5.46 Å². The highest BCUT2D eigenvalue weighted by atomic mass is 79.9. The number of carbonyl (C=O) groups is 2. The van der Waals surface area contributed by atoms with Gasteiger partial charge in [-0.1, -0.05) is 289 Å². The zero-order valence-corrected chi connectivity index (χ0v) is 48.8. The minimum atomic E-state index is -1.58. The van der Waals surface area contributed by atoms with E-state index in [9.17, 15) is 9.59 Å². The van der Waals surface area contributed by atoms with Gasteiger partial charge in [0, 0.05) is 15.6 Å². The Bertz CT molecular complexity index is 4840. The second kappa shape index (κ2) is 22.5. The van der Waals surface area contributed by atoms with Crippen molar-refractivity contribution >= 4 is 83.2 Å². The minimum absolute atomic E-state index is 0.0797. The average molecular weight is 1170 g/mol. The first-order valence-electron chi connectivity index (χ1n) is 28.9. The number of benzene rings is 14. The van der Waals surface area contributed by atoms with Crippen molar-refractivity contribution in [2.24, 2.45) is 0 Å². The van der Waals surface area contributed by atoms with E-state index in [0.717, 1.165) is 21.2 Å². The summed E-state index contributed by atoms with van der Waals surface area (Å²) in [5.41, 5.74) is 24.0. The highest BCUT2D eigenvalue weighted by Crippen LogP contribution is 2.60. The predicted octanol–water partition coefficient (Wildman–Crippen LogP) is 20.1. The van der Waals surface area contributed by atoms with E-state index in [1.165, 1.54) is 145 Å². The van der Waals surface area contributed by atoms with Crippen LogP contribution in [-0.4, -0.2) is 28.7 Å². The van der Waals surface area contributed by atoms with Crippen LogP contribution in [0.15, 0.2) is 284 Å². The van der Waals surface area contributed by atoms with E-state index < -0.39 is 7.12 Å². The topological polar surface area (TPSA) is 74.6 Å². The molecule has 86 heavy (non-hydrogen) atoms. The molecule has 2 aliphatic carbocycles. The molecule has 0 aliphatic heterocycles. The van der Waals surface area contributed by atoms with Crippen molar-refractivity contribution in [1.82, 2.24) is 0 Å². The Labute approximate surface area is 508 Å². The molecule has 4 nitrogen and oxygen atoms in total. The van der Waals surface area contributed by atoms with Gasteiger partial charge in [0.05, 0.1) is 0 Å². The Morgan fingerprint density at radius 1 is 0.279 bits per heavy atom. The first kappa shape index (κ1) is 53.9.